The van der Waals surface area contributed by atoms with Gasteiger partial charge in [0.15, 0.2) is 5.96 Å². The maximum atomic E-state index is 5.57. The fourth-order valence-corrected chi connectivity index (χ4v) is 0.827. The van der Waals surface area contributed by atoms with Gasteiger partial charge < -0.3 is 15.6 Å². The molecule has 0 bridgehead atoms. The van der Waals surface area contributed by atoms with E-state index in [1.165, 1.54) is 6.26 Å². The number of aromatic nitrogens is 1. The molecule has 0 saturated heterocycles. The lowest BCUT2D eigenvalue weighted by molar-refractivity contribution is 0.412. The van der Waals surface area contributed by atoms with Crippen molar-refractivity contribution in [3.63, 3.8) is 0 Å². The summed E-state index contributed by atoms with van der Waals surface area (Å²) in [5.41, 5.74) is 6.34. The van der Waals surface area contributed by atoms with E-state index in [4.69, 9.17) is 5.73 Å². The molecule has 0 spiro atoms. The average molecular weight is 182 g/mol. The molecule has 5 heteroatoms. The van der Waals surface area contributed by atoms with Crippen LogP contribution in [0.25, 0.3) is 0 Å². The Morgan fingerprint density at radius 1 is 1.77 bits per heavy atom. The molecule has 0 aliphatic carbocycles. The van der Waals surface area contributed by atoms with E-state index in [1.54, 1.807) is 6.07 Å². The van der Waals surface area contributed by atoms with E-state index in [-0.39, 0.29) is 0 Å². The minimum Gasteiger partial charge on any atom is -0.370 e. The first-order chi connectivity index (χ1) is 6.18. The Kier molecular flexibility index (Phi) is 3.31. The fraction of sp³-hybridized carbons (Fsp3) is 0.500. The van der Waals surface area contributed by atoms with Crippen LogP contribution in [0.3, 0.4) is 0 Å². The second-order valence-electron chi connectivity index (χ2n) is 2.99. The van der Waals surface area contributed by atoms with E-state index in [9.17, 15) is 0 Å². The standard InChI is InChI=1S/C8H14N4O/c1-6(2)11-8(9)10-5-7-3-4-13-12-7/h3-4,6H,5H2,1-2H3,(H3,9,10,11). The average Bonchev–Trinajstić information content (AvgIpc) is 2.51. The van der Waals surface area contributed by atoms with Crippen LogP contribution in [0.1, 0.15) is 19.5 Å². The van der Waals surface area contributed by atoms with E-state index in [0.717, 1.165) is 5.69 Å². The van der Waals surface area contributed by atoms with Crippen molar-refractivity contribution >= 4 is 5.96 Å². The molecule has 0 aliphatic heterocycles. The Morgan fingerprint density at radius 3 is 3.08 bits per heavy atom. The summed E-state index contributed by atoms with van der Waals surface area (Å²) in [5.74, 6) is 0.429. The zero-order valence-corrected chi connectivity index (χ0v) is 7.82. The third kappa shape index (κ3) is 3.59. The van der Waals surface area contributed by atoms with E-state index >= 15 is 0 Å². The molecule has 1 aromatic heterocycles. The smallest absolute Gasteiger partial charge is 0.189 e. The van der Waals surface area contributed by atoms with Gasteiger partial charge in [0.05, 0.1) is 6.54 Å². The van der Waals surface area contributed by atoms with Gasteiger partial charge in [-0.15, -0.1) is 0 Å². The summed E-state index contributed by atoms with van der Waals surface area (Å²) in [5, 5.41) is 6.68. The van der Waals surface area contributed by atoms with Crippen molar-refractivity contribution < 1.29 is 4.52 Å². The van der Waals surface area contributed by atoms with E-state index in [0.29, 0.717) is 18.5 Å². The van der Waals surface area contributed by atoms with Crippen molar-refractivity contribution in [1.82, 2.24) is 10.5 Å². The number of nitrogens with one attached hydrogen (secondary N) is 1. The van der Waals surface area contributed by atoms with Crippen molar-refractivity contribution in [2.24, 2.45) is 10.7 Å². The predicted octanol–water partition coefficient (Wildman–Crippen LogP) is 0.487. The van der Waals surface area contributed by atoms with E-state index in [1.807, 2.05) is 13.8 Å². The second-order valence-corrected chi connectivity index (χ2v) is 2.99. The number of rotatable bonds is 3. The monoisotopic (exact) mass is 182 g/mol. The largest absolute Gasteiger partial charge is 0.370 e. The SMILES string of the molecule is CC(C)NC(N)=NCc1ccon1. The summed E-state index contributed by atoms with van der Waals surface area (Å²) in [6.45, 7) is 4.44. The third-order valence-corrected chi connectivity index (χ3v) is 1.34. The summed E-state index contributed by atoms with van der Waals surface area (Å²) in [7, 11) is 0. The lowest BCUT2D eigenvalue weighted by atomic mass is 10.4. The minimum absolute atomic E-state index is 0.293. The van der Waals surface area contributed by atoms with Gasteiger partial charge in [-0.3, -0.25) is 0 Å². The molecule has 72 valence electrons. The first kappa shape index (κ1) is 9.57. The number of nitrogens with two attached hydrogens (primary N) is 1. The van der Waals surface area contributed by atoms with Gasteiger partial charge in [0.2, 0.25) is 0 Å². The Morgan fingerprint density at radius 2 is 2.54 bits per heavy atom. The molecule has 0 saturated carbocycles. The Labute approximate surface area is 77.0 Å². The maximum absolute atomic E-state index is 5.57. The van der Waals surface area contributed by atoms with Crippen molar-refractivity contribution in [3.8, 4) is 0 Å². The molecule has 3 N–H and O–H groups in total. The highest BCUT2D eigenvalue weighted by Gasteiger charge is 1.96. The van der Waals surface area contributed by atoms with Gasteiger partial charge in [-0.2, -0.15) is 0 Å². The maximum Gasteiger partial charge on any atom is 0.189 e. The molecule has 0 aliphatic rings. The molecule has 1 aromatic rings. The molecule has 0 radical (unpaired) electrons. The van der Waals surface area contributed by atoms with Crippen LogP contribution in [0, 0.1) is 0 Å². The molecule has 0 fully saturated rings. The van der Waals surface area contributed by atoms with Gasteiger partial charge in [0.1, 0.15) is 12.0 Å². The summed E-state index contributed by atoms with van der Waals surface area (Å²) in [6, 6.07) is 2.05. The van der Waals surface area contributed by atoms with Crippen LogP contribution in [0.2, 0.25) is 0 Å². The van der Waals surface area contributed by atoms with E-state index < -0.39 is 0 Å². The molecular formula is C8H14N4O. The number of aliphatic imine (C=N–C) groups is 1. The van der Waals surface area contributed by atoms with Gasteiger partial charge in [-0.1, -0.05) is 5.16 Å². The van der Waals surface area contributed by atoms with Gasteiger partial charge in [-0.25, -0.2) is 4.99 Å². The normalized spacial score (nSPS) is 12.1. The van der Waals surface area contributed by atoms with Crippen molar-refractivity contribution in [2.45, 2.75) is 26.4 Å². The lowest BCUT2D eigenvalue weighted by Crippen LogP contribution is -2.36. The molecule has 0 aromatic carbocycles. The first-order valence-corrected chi connectivity index (χ1v) is 4.14. The van der Waals surface area contributed by atoms with Gasteiger partial charge in [0.25, 0.3) is 0 Å². The second kappa shape index (κ2) is 4.49. The Hall–Kier alpha value is -1.52. The fourth-order valence-electron chi connectivity index (χ4n) is 0.827. The Bertz CT molecular complexity index is 266. The van der Waals surface area contributed by atoms with Crippen molar-refractivity contribution in [3.05, 3.63) is 18.0 Å². The predicted molar refractivity (Wildman–Crippen MR) is 50.1 cm³/mol. The molecule has 0 atom stereocenters. The summed E-state index contributed by atoms with van der Waals surface area (Å²) in [4.78, 5) is 4.07. The van der Waals surface area contributed by atoms with E-state index in [2.05, 4.69) is 20.0 Å². The molecular weight excluding hydrogens is 168 g/mol. The van der Waals surface area contributed by atoms with Gasteiger partial charge in [-0.05, 0) is 13.8 Å². The highest BCUT2D eigenvalue weighted by molar-refractivity contribution is 5.77. The molecule has 1 rings (SSSR count). The zero-order valence-electron chi connectivity index (χ0n) is 7.82. The van der Waals surface area contributed by atoms with Crippen LogP contribution in [0.15, 0.2) is 21.8 Å². The van der Waals surface area contributed by atoms with Crippen LogP contribution in [-0.4, -0.2) is 17.2 Å². The first-order valence-electron chi connectivity index (χ1n) is 4.14. The summed E-state index contributed by atoms with van der Waals surface area (Å²) in [6.07, 6.45) is 1.51. The summed E-state index contributed by atoms with van der Waals surface area (Å²) < 4.78 is 4.65. The molecule has 13 heavy (non-hydrogen) atoms. The van der Waals surface area contributed by atoms with Gasteiger partial charge >= 0.3 is 0 Å². The number of hydrogen-bond donors (Lipinski definition) is 2. The number of nitrogens with zero attached hydrogens (tertiary/aromatic N) is 2. The van der Waals surface area contributed by atoms with Crippen LogP contribution in [0.5, 0.6) is 0 Å². The lowest BCUT2D eigenvalue weighted by Gasteiger charge is -2.07. The highest BCUT2D eigenvalue weighted by atomic mass is 16.5. The molecule has 5 nitrogen and oxygen atoms in total. The number of guanidine groups is 1. The minimum atomic E-state index is 0.293. The quantitative estimate of drug-likeness (QED) is 0.526. The van der Waals surface area contributed by atoms with Crippen molar-refractivity contribution in [2.75, 3.05) is 0 Å². The molecule has 0 amide bonds. The van der Waals surface area contributed by atoms with Crippen LogP contribution >= 0.6 is 0 Å². The van der Waals surface area contributed by atoms with Crippen LogP contribution < -0.4 is 11.1 Å². The van der Waals surface area contributed by atoms with Crippen LogP contribution in [-0.2, 0) is 6.54 Å². The number of hydrogen-bond acceptors (Lipinski definition) is 3. The van der Waals surface area contributed by atoms with Crippen LogP contribution in [0.4, 0.5) is 0 Å². The highest BCUT2D eigenvalue weighted by Crippen LogP contribution is 1.95. The van der Waals surface area contributed by atoms with Crippen molar-refractivity contribution in [1.29, 1.82) is 0 Å². The Balaban J connectivity index is 2.39. The molecule has 1 heterocycles. The topological polar surface area (TPSA) is 76.4 Å². The van der Waals surface area contributed by atoms with Gasteiger partial charge in [0, 0.05) is 12.1 Å². The molecule has 0 unspecified atom stereocenters. The summed E-state index contributed by atoms with van der Waals surface area (Å²) >= 11 is 0. The third-order valence-electron chi connectivity index (χ3n) is 1.34. The zero-order chi connectivity index (χ0) is 9.68.